The van der Waals surface area contributed by atoms with E-state index in [9.17, 15) is 22.8 Å². The molecule has 8 heteroatoms. The molecule has 1 aliphatic heterocycles. The fraction of sp³-hybridized carbons (Fsp3) is 0.474. The quantitative estimate of drug-likeness (QED) is 0.811. The molecule has 0 radical (unpaired) electrons. The molecule has 1 aromatic carbocycles. The van der Waals surface area contributed by atoms with Gasteiger partial charge in [-0.2, -0.15) is 13.2 Å². The second-order valence-electron chi connectivity index (χ2n) is 7.67. The molecule has 27 heavy (non-hydrogen) atoms. The first-order chi connectivity index (χ1) is 12.5. The van der Waals surface area contributed by atoms with Gasteiger partial charge in [-0.1, -0.05) is 26.0 Å². The molecule has 1 spiro atoms. The molecule has 1 aliphatic carbocycles. The van der Waals surface area contributed by atoms with Gasteiger partial charge in [0.2, 0.25) is 0 Å². The number of nitrogens with zero attached hydrogens (tertiary/aromatic N) is 1. The number of hydrogen-bond donors (Lipinski definition) is 1. The van der Waals surface area contributed by atoms with E-state index in [2.05, 4.69) is 0 Å². The predicted molar refractivity (Wildman–Crippen MR) is 91.7 cm³/mol. The molecule has 2 N–H and O–H groups in total. The lowest BCUT2D eigenvalue weighted by molar-refractivity contribution is -0.139. The molecular weight excluding hydrogens is 361 g/mol. The van der Waals surface area contributed by atoms with Crippen molar-refractivity contribution in [1.82, 2.24) is 4.90 Å². The SMILES string of the molecule is CC1(C)CC2(C=C(N)C1=O)CN(C(=O)c1ccccc1C(F)(F)F)CCO2. The van der Waals surface area contributed by atoms with Crippen LogP contribution in [0.1, 0.15) is 36.2 Å². The van der Waals surface area contributed by atoms with Gasteiger partial charge in [0.15, 0.2) is 5.78 Å². The molecule has 1 unspecified atom stereocenters. The highest BCUT2D eigenvalue weighted by atomic mass is 19.4. The number of rotatable bonds is 1. The summed E-state index contributed by atoms with van der Waals surface area (Å²) in [7, 11) is 0. The summed E-state index contributed by atoms with van der Waals surface area (Å²) in [6, 6.07) is 4.72. The average Bonchev–Trinajstić information content (AvgIpc) is 2.58. The van der Waals surface area contributed by atoms with Crippen molar-refractivity contribution in [2.24, 2.45) is 11.1 Å². The highest BCUT2D eigenvalue weighted by molar-refractivity contribution is 6.00. The zero-order chi connectivity index (χ0) is 20.0. The van der Waals surface area contributed by atoms with E-state index in [1.807, 2.05) is 0 Å². The lowest BCUT2D eigenvalue weighted by atomic mass is 9.71. The van der Waals surface area contributed by atoms with Crippen LogP contribution in [0.15, 0.2) is 36.0 Å². The predicted octanol–water partition coefficient (Wildman–Crippen LogP) is 2.76. The van der Waals surface area contributed by atoms with Crippen molar-refractivity contribution in [1.29, 1.82) is 0 Å². The normalized spacial score (nSPS) is 25.4. The number of amides is 1. The van der Waals surface area contributed by atoms with E-state index >= 15 is 0 Å². The Hall–Kier alpha value is -2.35. The van der Waals surface area contributed by atoms with Gasteiger partial charge in [-0.15, -0.1) is 0 Å². The number of halogens is 3. The number of hydrogen-bond acceptors (Lipinski definition) is 4. The second kappa shape index (κ2) is 6.37. The monoisotopic (exact) mass is 382 g/mol. The Bertz CT molecular complexity index is 817. The summed E-state index contributed by atoms with van der Waals surface area (Å²) in [5, 5.41) is 0. The fourth-order valence-corrected chi connectivity index (χ4v) is 3.88. The number of allylic oxidation sites excluding steroid dienone is 1. The molecule has 0 bridgehead atoms. The summed E-state index contributed by atoms with van der Waals surface area (Å²) in [4.78, 5) is 26.4. The summed E-state index contributed by atoms with van der Waals surface area (Å²) in [5.41, 5.74) is 2.77. The number of ketones is 1. The van der Waals surface area contributed by atoms with Gasteiger partial charge in [0, 0.05) is 12.0 Å². The Morgan fingerprint density at radius 1 is 1.26 bits per heavy atom. The Kier molecular flexibility index (Phi) is 4.58. The van der Waals surface area contributed by atoms with E-state index in [1.54, 1.807) is 13.8 Å². The maximum absolute atomic E-state index is 13.3. The van der Waals surface area contributed by atoms with Crippen LogP contribution in [0.3, 0.4) is 0 Å². The maximum Gasteiger partial charge on any atom is 0.417 e. The molecule has 146 valence electrons. The van der Waals surface area contributed by atoms with Crippen LogP contribution < -0.4 is 5.73 Å². The topological polar surface area (TPSA) is 72.6 Å². The molecule has 1 saturated heterocycles. The van der Waals surface area contributed by atoms with E-state index in [0.29, 0.717) is 6.42 Å². The van der Waals surface area contributed by atoms with E-state index in [1.165, 1.54) is 29.2 Å². The average molecular weight is 382 g/mol. The van der Waals surface area contributed by atoms with Crippen molar-refractivity contribution in [3.05, 3.63) is 47.2 Å². The van der Waals surface area contributed by atoms with Gasteiger partial charge in [-0.3, -0.25) is 9.59 Å². The number of Topliss-reactive ketones (excluding diaryl/α,β-unsaturated/α-hetero) is 1. The Labute approximate surface area is 155 Å². The summed E-state index contributed by atoms with van der Waals surface area (Å²) < 4.78 is 45.6. The van der Waals surface area contributed by atoms with Crippen LogP contribution in [-0.4, -0.2) is 41.9 Å². The zero-order valence-electron chi connectivity index (χ0n) is 15.1. The molecule has 0 aromatic heterocycles. The lowest BCUT2D eigenvalue weighted by Crippen LogP contribution is -2.57. The number of morpholine rings is 1. The van der Waals surface area contributed by atoms with Gasteiger partial charge in [-0.05, 0) is 24.6 Å². The third kappa shape index (κ3) is 3.58. The molecule has 1 aromatic rings. The molecule has 2 aliphatic rings. The molecule has 1 atom stereocenters. The van der Waals surface area contributed by atoms with E-state index in [-0.39, 0.29) is 31.2 Å². The molecular formula is C19H21F3N2O3. The summed E-state index contributed by atoms with van der Waals surface area (Å²) in [6.07, 6.45) is -2.83. The highest BCUT2D eigenvalue weighted by Crippen LogP contribution is 2.41. The lowest BCUT2D eigenvalue weighted by Gasteiger charge is -2.46. The Balaban J connectivity index is 1.92. The fourth-order valence-electron chi connectivity index (χ4n) is 3.88. The number of carbonyl (C=O) groups excluding carboxylic acids is 2. The van der Waals surface area contributed by atoms with Gasteiger partial charge < -0.3 is 15.4 Å². The zero-order valence-corrected chi connectivity index (χ0v) is 15.1. The molecule has 3 rings (SSSR count). The third-order valence-electron chi connectivity index (χ3n) is 5.00. The highest BCUT2D eigenvalue weighted by Gasteiger charge is 2.48. The van der Waals surface area contributed by atoms with Crippen LogP contribution >= 0.6 is 0 Å². The first kappa shape index (κ1) is 19.4. The van der Waals surface area contributed by atoms with Crippen LogP contribution in [0.2, 0.25) is 0 Å². The molecule has 1 fully saturated rings. The first-order valence-electron chi connectivity index (χ1n) is 8.58. The van der Waals surface area contributed by atoms with Gasteiger partial charge in [0.05, 0.1) is 30.0 Å². The molecule has 5 nitrogen and oxygen atoms in total. The van der Waals surface area contributed by atoms with Gasteiger partial charge in [0.1, 0.15) is 5.60 Å². The molecule has 1 amide bonds. The van der Waals surface area contributed by atoms with Crippen molar-refractivity contribution in [3.8, 4) is 0 Å². The van der Waals surface area contributed by atoms with E-state index in [0.717, 1.165) is 6.07 Å². The number of alkyl halides is 3. The van der Waals surface area contributed by atoms with E-state index < -0.39 is 34.2 Å². The number of benzene rings is 1. The number of ether oxygens (including phenoxy) is 1. The number of nitrogens with two attached hydrogens (primary N) is 1. The standard InChI is InChI=1S/C19H21F3N2O3/c1-17(2)10-18(9-14(23)15(17)25)11-24(7-8-27-18)16(26)12-5-3-4-6-13(12)19(20,21)22/h3-6,9H,7-8,10-11,23H2,1-2H3. The van der Waals surface area contributed by atoms with Crippen molar-refractivity contribution in [2.45, 2.75) is 32.0 Å². The largest absolute Gasteiger partial charge is 0.417 e. The van der Waals surface area contributed by atoms with Crippen molar-refractivity contribution >= 4 is 11.7 Å². The minimum absolute atomic E-state index is 0.0371. The van der Waals surface area contributed by atoms with E-state index in [4.69, 9.17) is 10.5 Å². The van der Waals surface area contributed by atoms with Crippen LogP contribution in [0, 0.1) is 5.41 Å². The third-order valence-corrected chi connectivity index (χ3v) is 5.00. The smallest absolute Gasteiger partial charge is 0.396 e. The van der Waals surface area contributed by atoms with Crippen LogP contribution in [0.25, 0.3) is 0 Å². The first-order valence-corrected chi connectivity index (χ1v) is 8.58. The summed E-state index contributed by atoms with van der Waals surface area (Å²) >= 11 is 0. The second-order valence-corrected chi connectivity index (χ2v) is 7.67. The summed E-state index contributed by atoms with van der Waals surface area (Å²) in [6.45, 7) is 3.82. The number of carbonyl (C=O) groups is 2. The van der Waals surface area contributed by atoms with Crippen molar-refractivity contribution in [2.75, 3.05) is 19.7 Å². The maximum atomic E-state index is 13.3. The van der Waals surface area contributed by atoms with Gasteiger partial charge in [0.25, 0.3) is 5.91 Å². The van der Waals surface area contributed by atoms with Crippen LogP contribution in [0.5, 0.6) is 0 Å². The minimum atomic E-state index is -4.63. The van der Waals surface area contributed by atoms with Crippen molar-refractivity contribution in [3.63, 3.8) is 0 Å². The summed E-state index contributed by atoms with van der Waals surface area (Å²) in [5.74, 6) is -0.921. The van der Waals surface area contributed by atoms with Crippen LogP contribution in [-0.2, 0) is 15.7 Å². The van der Waals surface area contributed by atoms with Crippen molar-refractivity contribution < 1.29 is 27.5 Å². The van der Waals surface area contributed by atoms with Gasteiger partial charge >= 0.3 is 6.18 Å². The Morgan fingerprint density at radius 2 is 1.93 bits per heavy atom. The Morgan fingerprint density at radius 3 is 2.56 bits per heavy atom. The molecule has 0 saturated carbocycles. The minimum Gasteiger partial charge on any atom is -0.396 e. The van der Waals surface area contributed by atoms with Crippen LogP contribution in [0.4, 0.5) is 13.2 Å². The van der Waals surface area contributed by atoms with Gasteiger partial charge in [-0.25, -0.2) is 0 Å². The molecule has 1 heterocycles.